The molecule has 0 aliphatic heterocycles. The lowest BCUT2D eigenvalue weighted by atomic mass is 10.2. The third kappa shape index (κ3) is 3.33. The SMILES string of the molecule is CCCc1nc(-c2noc(CC(C)n3nc(C)cc3C)n2)co1. The lowest BCUT2D eigenvalue weighted by Crippen LogP contribution is -2.11. The summed E-state index contributed by atoms with van der Waals surface area (Å²) in [7, 11) is 0. The molecule has 3 heterocycles. The quantitative estimate of drug-likeness (QED) is 0.694. The average Bonchev–Trinajstić information content (AvgIpc) is 3.20. The van der Waals surface area contributed by atoms with Gasteiger partial charge in [-0.1, -0.05) is 12.1 Å². The van der Waals surface area contributed by atoms with Crippen LogP contribution in [-0.4, -0.2) is 24.9 Å². The minimum Gasteiger partial charge on any atom is -0.448 e. The van der Waals surface area contributed by atoms with Gasteiger partial charge in [-0.25, -0.2) is 4.98 Å². The Balaban J connectivity index is 1.72. The summed E-state index contributed by atoms with van der Waals surface area (Å²) in [5, 5.41) is 8.49. The lowest BCUT2D eigenvalue weighted by Gasteiger charge is -2.11. The number of rotatable bonds is 6. The fraction of sp³-hybridized carbons (Fsp3) is 0.500. The van der Waals surface area contributed by atoms with Gasteiger partial charge in [0.2, 0.25) is 11.7 Å². The molecule has 0 fully saturated rings. The Bertz CT molecular complexity index is 786. The molecular formula is C16H21N5O2. The minimum absolute atomic E-state index is 0.143. The van der Waals surface area contributed by atoms with Crippen LogP contribution in [0.15, 0.2) is 21.3 Å². The molecule has 0 radical (unpaired) electrons. The van der Waals surface area contributed by atoms with Crippen molar-refractivity contribution in [3.05, 3.63) is 35.5 Å². The van der Waals surface area contributed by atoms with Gasteiger partial charge in [-0.3, -0.25) is 4.68 Å². The molecule has 23 heavy (non-hydrogen) atoms. The van der Waals surface area contributed by atoms with Gasteiger partial charge in [0.25, 0.3) is 0 Å². The highest BCUT2D eigenvalue weighted by atomic mass is 16.5. The van der Waals surface area contributed by atoms with Gasteiger partial charge >= 0.3 is 0 Å². The first-order valence-electron chi connectivity index (χ1n) is 7.87. The van der Waals surface area contributed by atoms with E-state index < -0.39 is 0 Å². The molecule has 7 heteroatoms. The molecule has 3 aromatic rings. The molecule has 0 aliphatic carbocycles. The van der Waals surface area contributed by atoms with E-state index in [0.717, 1.165) is 24.2 Å². The topological polar surface area (TPSA) is 82.8 Å². The van der Waals surface area contributed by atoms with Gasteiger partial charge in [-0.2, -0.15) is 10.1 Å². The zero-order chi connectivity index (χ0) is 16.4. The van der Waals surface area contributed by atoms with Crippen molar-refractivity contribution in [2.75, 3.05) is 0 Å². The van der Waals surface area contributed by atoms with Gasteiger partial charge in [0.15, 0.2) is 5.89 Å². The van der Waals surface area contributed by atoms with Gasteiger partial charge in [-0.05, 0) is 33.3 Å². The Morgan fingerprint density at radius 3 is 2.74 bits per heavy atom. The molecule has 1 unspecified atom stereocenters. The van der Waals surface area contributed by atoms with Crippen molar-refractivity contribution >= 4 is 0 Å². The maximum absolute atomic E-state index is 5.39. The van der Waals surface area contributed by atoms with Crippen molar-refractivity contribution in [1.29, 1.82) is 0 Å². The van der Waals surface area contributed by atoms with E-state index in [1.165, 1.54) is 0 Å². The standard InChI is InChI=1S/C16H21N5O2/c1-5-6-14-17-13(9-22-14)16-18-15(23-20-16)8-12(4)21-11(3)7-10(2)19-21/h7,9,12H,5-6,8H2,1-4H3. The summed E-state index contributed by atoms with van der Waals surface area (Å²) >= 11 is 0. The van der Waals surface area contributed by atoms with E-state index in [2.05, 4.69) is 40.1 Å². The van der Waals surface area contributed by atoms with Crippen LogP contribution in [0.2, 0.25) is 0 Å². The fourth-order valence-corrected chi connectivity index (χ4v) is 2.62. The molecule has 3 aromatic heterocycles. The van der Waals surface area contributed by atoms with Gasteiger partial charge in [-0.15, -0.1) is 0 Å². The number of oxazole rings is 1. The summed E-state index contributed by atoms with van der Waals surface area (Å²) in [6.07, 6.45) is 3.98. The number of hydrogen-bond acceptors (Lipinski definition) is 6. The number of aryl methyl sites for hydroxylation is 3. The fourth-order valence-electron chi connectivity index (χ4n) is 2.62. The van der Waals surface area contributed by atoms with Crippen LogP contribution in [0.25, 0.3) is 11.5 Å². The predicted molar refractivity (Wildman–Crippen MR) is 83.9 cm³/mol. The second-order valence-electron chi connectivity index (χ2n) is 5.81. The molecule has 0 saturated carbocycles. The zero-order valence-electron chi connectivity index (χ0n) is 13.9. The van der Waals surface area contributed by atoms with Crippen LogP contribution in [0, 0.1) is 13.8 Å². The van der Waals surface area contributed by atoms with E-state index in [1.807, 2.05) is 18.5 Å². The first-order valence-corrected chi connectivity index (χ1v) is 7.87. The largest absolute Gasteiger partial charge is 0.448 e. The Morgan fingerprint density at radius 1 is 1.22 bits per heavy atom. The molecule has 0 aliphatic rings. The molecule has 0 bridgehead atoms. The Labute approximate surface area is 134 Å². The average molecular weight is 315 g/mol. The second-order valence-corrected chi connectivity index (χ2v) is 5.81. The molecule has 0 spiro atoms. The first kappa shape index (κ1) is 15.5. The summed E-state index contributed by atoms with van der Waals surface area (Å²) < 4.78 is 12.7. The van der Waals surface area contributed by atoms with Crippen LogP contribution in [0.3, 0.4) is 0 Å². The highest BCUT2D eigenvalue weighted by Crippen LogP contribution is 2.19. The van der Waals surface area contributed by atoms with E-state index in [0.29, 0.717) is 29.7 Å². The summed E-state index contributed by atoms with van der Waals surface area (Å²) in [5.41, 5.74) is 2.74. The molecule has 3 rings (SSSR count). The molecule has 0 saturated heterocycles. The van der Waals surface area contributed by atoms with Crippen LogP contribution >= 0.6 is 0 Å². The normalized spacial score (nSPS) is 12.7. The Morgan fingerprint density at radius 2 is 2.04 bits per heavy atom. The molecular weight excluding hydrogens is 294 g/mol. The van der Waals surface area contributed by atoms with Gasteiger partial charge in [0.1, 0.15) is 12.0 Å². The van der Waals surface area contributed by atoms with Crippen LogP contribution in [-0.2, 0) is 12.8 Å². The summed E-state index contributed by atoms with van der Waals surface area (Å²) in [4.78, 5) is 8.78. The minimum atomic E-state index is 0.143. The summed E-state index contributed by atoms with van der Waals surface area (Å²) in [6, 6.07) is 2.20. The number of nitrogens with zero attached hydrogens (tertiary/aromatic N) is 5. The van der Waals surface area contributed by atoms with Crippen molar-refractivity contribution in [3.63, 3.8) is 0 Å². The molecule has 0 aromatic carbocycles. The van der Waals surface area contributed by atoms with Gasteiger partial charge < -0.3 is 8.94 Å². The van der Waals surface area contributed by atoms with E-state index in [-0.39, 0.29) is 6.04 Å². The summed E-state index contributed by atoms with van der Waals surface area (Å²) in [6.45, 7) is 8.19. The van der Waals surface area contributed by atoms with E-state index in [4.69, 9.17) is 8.94 Å². The van der Waals surface area contributed by atoms with Gasteiger partial charge in [0, 0.05) is 18.5 Å². The zero-order valence-corrected chi connectivity index (χ0v) is 13.9. The van der Waals surface area contributed by atoms with Crippen molar-refractivity contribution in [1.82, 2.24) is 24.9 Å². The van der Waals surface area contributed by atoms with Crippen LogP contribution in [0.1, 0.15) is 49.5 Å². The summed E-state index contributed by atoms with van der Waals surface area (Å²) in [5.74, 6) is 1.73. The first-order chi connectivity index (χ1) is 11.1. The molecule has 0 amide bonds. The maximum Gasteiger partial charge on any atom is 0.229 e. The van der Waals surface area contributed by atoms with Crippen LogP contribution < -0.4 is 0 Å². The molecule has 1 atom stereocenters. The molecule has 0 N–H and O–H groups in total. The van der Waals surface area contributed by atoms with Gasteiger partial charge in [0.05, 0.1) is 11.7 Å². The number of aromatic nitrogens is 5. The smallest absolute Gasteiger partial charge is 0.229 e. The third-order valence-corrected chi connectivity index (χ3v) is 3.64. The Hall–Kier alpha value is -2.44. The highest BCUT2D eigenvalue weighted by molar-refractivity contribution is 5.45. The monoisotopic (exact) mass is 315 g/mol. The van der Waals surface area contributed by atoms with E-state index in [1.54, 1.807) is 6.26 Å². The molecule has 122 valence electrons. The van der Waals surface area contributed by atoms with Crippen molar-refractivity contribution in [2.45, 2.75) is 53.0 Å². The molecule has 7 nitrogen and oxygen atoms in total. The predicted octanol–water partition coefficient (Wildman–Crippen LogP) is 3.29. The third-order valence-electron chi connectivity index (χ3n) is 3.64. The van der Waals surface area contributed by atoms with Crippen molar-refractivity contribution < 1.29 is 8.94 Å². The maximum atomic E-state index is 5.39. The highest BCUT2D eigenvalue weighted by Gasteiger charge is 2.17. The van der Waals surface area contributed by atoms with E-state index in [9.17, 15) is 0 Å². The number of hydrogen-bond donors (Lipinski definition) is 0. The van der Waals surface area contributed by atoms with Crippen LogP contribution in [0.4, 0.5) is 0 Å². The van der Waals surface area contributed by atoms with Crippen LogP contribution in [0.5, 0.6) is 0 Å². The van der Waals surface area contributed by atoms with Crippen molar-refractivity contribution in [3.8, 4) is 11.5 Å². The second kappa shape index (κ2) is 6.36. The van der Waals surface area contributed by atoms with E-state index >= 15 is 0 Å². The Kier molecular flexibility index (Phi) is 4.27. The lowest BCUT2D eigenvalue weighted by molar-refractivity contribution is 0.347. The van der Waals surface area contributed by atoms with Crippen molar-refractivity contribution in [2.24, 2.45) is 0 Å².